The van der Waals surface area contributed by atoms with E-state index in [1.54, 1.807) is 41.7 Å². The van der Waals surface area contributed by atoms with Gasteiger partial charge < -0.3 is 4.84 Å². The average Bonchev–Trinajstić information content (AvgIpc) is 2.94. The van der Waals surface area contributed by atoms with Crippen LogP contribution in [0.3, 0.4) is 0 Å². The molecule has 4 aromatic rings. The lowest BCUT2D eigenvalue weighted by Gasteiger charge is -2.08. The Bertz CT molecular complexity index is 1390. The van der Waals surface area contributed by atoms with E-state index in [1.165, 1.54) is 6.92 Å². The van der Waals surface area contributed by atoms with E-state index in [1.807, 2.05) is 72.8 Å². The number of hydrogen-bond donors (Lipinski definition) is 0. The van der Waals surface area contributed by atoms with Crippen molar-refractivity contribution in [1.29, 1.82) is 0 Å². The lowest BCUT2D eigenvalue weighted by Crippen LogP contribution is -2.05. The van der Waals surface area contributed by atoms with Crippen molar-refractivity contribution in [2.45, 2.75) is 34.5 Å². The van der Waals surface area contributed by atoms with Crippen molar-refractivity contribution >= 4 is 52.6 Å². The van der Waals surface area contributed by atoms with Gasteiger partial charge in [-0.25, -0.2) is 4.79 Å². The first-order valence-corrected chi connectivity index (χ1v) is 14.1. The van der Waals surface area contributed by atoms with Crippen LogP contribution < -0.4 is 0 Å². The minimum Gasteiger partial charge on any atom is -0.318 e. The van der Waals surface area contributed by atoms with Crippen LogP contribution in [0, 0.1) is 12.1 Å². The number of oxime groups is 1. The summed E-state index contributed by atoms with van der Waals surface area (Å²) in [5.74, 6) is 0.373. The maximum absolute atomic E-state index is 12.6. The molecule has 0 radical (unpaired) electrons. The molecule has 190 valence electrons. The second-order valence-electron chi connectivity index (χ2n) is 8.22. The van der Waals surface area contributed by atoms with Crippen molar-refractivity contribution < 1.29 is 14.4 Å². The van der Waals surface area contributed by atoms with Gasteiger partial charge in [0.15, 0.2) is 0 Å². The van der Waals surface area contributed by atoms with Crippen LogP contribution in [0.25, 0.3) is 0 Å². The fourth-order valence-corrected chi connectivity index (χ4v) is 5.29. The molecule has 0 saturated heterocycles. The van der Waals surface area contributed by atoms with Crippen molar-refractivity contribution in [3.63, 3.8) is 0 Å². The molecule has 0 unspecified atom stereocenters. The van der Waals surface area contributed by atoms with Gasteiger partial charge in [0.2, 0.25) is 5.78 Å². The zero-order valence-corrected chi connectivity index (χ0v) is 23.0. The highest BCUT2D eigenvalue weighted by molar-refractivity contribution is 7.99. The number of thioether (sulfide) groups is 1. The zero-order valence-electron chi connectivity index (χ0n) is 20.6. The van der Waals surface area contributed by atoms with Gasteiger partial charge in [-0.1, -0.05) is 58.9 Å². The second-order valence-corrected chi connectivity index (χ2v) is 11.0. The highest BCUT2D eigenvalue weighted by Gasteiger charge is 2.10. The molecular weight excluding hydrogens is 534 g/mol. The Morgan fingerprint density at radius 3 is 2.11 bits per heavy atom. The third-order valence-corrected chi connectivity index (χ3v) is 7.72. The van der Waals surface area contributed by atoms with E-state index in [9.17, 15) is 9.59 Å². The SMILES string of the molecule is CC(=O)ON=C(CCCSc1ccc(Cl)cc1)c1ccc(Sc2ccc(C(=O)c3c#cccc3)cc2)cc1. The Labute approximate surface area is 236 Å². The summed E-state index contributed by atoms with van der Waals surface area (Å²) in [5, 5.41) is 4.83. The topological polar surface area (TPSA) is 55.7 Å². The second kappa shape index (κ2) is 13.9. The minimum atomic E-state index is -0.449. The molecule has 0 N–H and O–H groups in total. The number of carbonyl (C=O) groups excluding carboxylic acids is 2. The molecule has 0 aliphatic carbocycles. The van der Waals surface area contributed by atoms with Crippen molar-refractivity contribution in [3.8, 4) is 0 Å². The molecule has 0 spiro atoms. The van der Waals surface area contributed by atoms with Crippen LogP contribution in [-0.2, 0) is 9.63 Å². The van der Waals surface area contributed by atoms with E-state index in [0.29, 0.717) is 17.5 Å². The monoisotopic (exact) mass is 557 g/mol. The third kappa shape index (κ3) is 8.26. The summed E-state index contributed by atoms with van der Waals surface area (Å²) in [5.41, 5.74) is 2.75. The van der Waals surface area contributed by atoms with E-state index in [4.69, 9.17) is 16.4 Å². The first kappa shape index (κ1) is 27.5. The molecule has 0 heterocycles. The Morgan fingerprint density at radius 1 is 0.868 bits per heavy atom. The van der Waals surface area contributed by atoms with Gasteiger partial charge in [-0.3, -0.25) is 4.79 Å². The summed E-state index contributed by atoms with van der Waals surface area (Å²) >= 11 is 9.30. The summed E-state index contributed by atoms with van der Waals surface area (Å²) in [7, 11) is 0. The fourth-order valence-electron chi connectivity index (χ4n) is 3.49. The summed E-state index contributed by atoms with van der Waals surface area (Å²) in [6.45, 7) is 1.34. The lowest BCUT2D eigenvalue weighted by atomic mass is 10.1. The van der Waals surface area contributed by atoms with Gasteiger partial charge in [0.25, 0.3) is 0 Å². The molecule has 0 saturated carbocycles. The predicted octanol–water partition coefficient (Wildman–Crippen LogP) is 8.16. The van der Waals surface area contributed by atoms with Crippen LogP contribution in [-0.4, -0.2) is 23.2 Å². The molecule has 4 aromatic carbocycles. The molecule has 0 aliphatic rings. The average molecular weight is 558 g/mol. The summed E-state index contributed by atoms with van der Waals surface area (Å²) in [6.07, 6.45) is 1.54. The molecule has 0 amide bonds. The molecule has 38 heavy (non-hydrogen) atoms. The number of rotatable bonds is 11. The molecule has 0 aliphatic heterocycles. The quantitative estimate of drug-likeness (QED) is 0.0465. The molecule has 0 aromatic heterocycles. The van der Waals surface area contributed by atoms with E-state index in [-0.39, 0.29) is 5.78 Å². The number of ketones is 1. The number of hydrogen-bond acceptors (Lipinski definition) is 6. The normalized spacial score (nSPS) is 11.1. The fraction of sp³-hybridized carbons (Fsp3) is 0.129. The molecule has 0 fully saturated rings. The van der Waals surface area contributed by atoms with E-state index in [2.05, 4.69) is 17.3 Å². The lowest BCUT2D eigenvalue weighted by molar-refractivity contribution is -0.140. The molecule has 4 rings (SSSR count). The molecule has 0 bridgehead atoms. The molecular formula is C31H24ClNO3S2. The highest BCUT2D eigenvalue weighted by Crippen LogP contribution is 2.29. The van der Waals surface area contributed by atoms with Crippen molar-refractivity contribution in [2.75, 3.05) is 5.75 Å². The van der Waals surface area contributed by atoms with Crippen molar-refractivity contribution in [1.82, 2.24) is 0 Å². The van der Waals surface area contributed by atoms with Crippen molar-refractivity contribution in [3.05, 3.63) is 125 Å². The van der Waals surface area contributed by atoms with Gasteiger partial charge in [0, 0.05) is 32.2 Å². The van der Waals surface area contributed by atoms with Gasteiger partial charge in [-0.2, -0.15) is 0 Å². The largest absolute Gasteiger partial charge is 0.331 e. The Hall–Kier alpha value is -3.50. The Morgan fingerprint density at radius 2 is 1.50 bits per heavy atom. The number of halogens is 1. The maximum Gasteiger partial charge on any atom is 0.331 e. The van der Waals surface area contributed by atoms with Gasteiger partial charge in [0.1, 0.15) is 0 Å². The zero-order chi connectivity index (χ0) is 26.7. The first-order valence-electron chi connectivity index (χ1n) is 11.9. The van der Waals surface area contributed by atoms with E-state index < -0.39 is 5.97 Å². The van der Waals surface area contributed by atoms with Crippen LogP contribution in [0.15, 0.2) is 111 Å². The van der Waals surface area contributed by atoms with Crippen molar-refractivity contribution in [2.24, 2.45) is 5.16 Å². The van der Waals surface area contributed by atoms with Crippen LogP contribution >= 0.6 is 35.1 Å². The van der Waals surface area contributed by atoms with E-state index in [0.717, 1.165) is 43.2 Å². The van der Waals surface area contributed by atoms with Gasteiger partial charge >= 0.3 is 5.97 Å². The Balaban J connectivity index is 1.36. The van der Waals surface area contributed by atoms with Gasteiger partial charge in [-0.05, 0) is 97.0 Å². The summed E-state index contributed by atoms with van der Waals surface area (Å²) < 4.78 is 0. The van der Waals surface area contributed by atoms with Crippen LogP contribution in [0.5, 0.6) is 0 Å². The molecule has 7 heteroatoms. The summed E-state index contributed by atoms with van der Waals surface area (Å²) in [6, 6.07) is 34.2. The maximum atomic E-state index is 12.6. The number of carbonyl (C=O) groups is 2. The number of benzene rings is 3. The van der Waals surface area contributed by atoms with Gasteiger partial charge in [-0.15, -0.1) is 11.8 Å². The minimum absolute atomic E-state index is 0.0751. The molecule has 0 atom stereocenters. The van der Waals surface area contributed by atoms with Crippen LogP contribution in [0.4, 0.5) is 0 Å². The van der Waals surface area contributed by atoms with Crippen LogP contribution in [0.2, 0.25) is 5.02 Å². The van der Waals surface area contributed by atoms with Gasteiger partial charge in [0.05, 0.1) is 11.3 Å². The summed E-state index contributed by atoms with van der Waals surface area (Å²) in [4.78, 5) is 32.1. The molecule has 4 nitrogen and oxygen atoms in total. The smallest absolute Gasteiger partial charge is 0.318 e. The van der Waals surface area contributed by atoms with Crippen LogP contribution in [0.1, 0.15) is 41.3 Å². The highest BCUT2D eigenvalue weighted by atomic mass is 35.5. The standard InChI is InChI=1S/C31H24ClNO3S2/c1-22(34)36-33-30(8-5-21-37-27-19-13-26(32)14-20-27)23-9-15-28(16-10-23)38-29-17-11-25(12-18-29)31(35)24-6-3-2-4-7-24/h2-3,6,9-20H,5,8,21H2,1H3. The number of nitrogens with zero attached hydrogens (tertiary/aromatic N) is 1. The first-order chi connectivity index (χ1) is 18.5. The van der Waals surface area contributed by atoms with E-state index >= 15 is 0 Å². The Kier molecular flexibility index (Phi) is 10.1. The third-order valence-electron chi connectivity index (χ3n) is 5.36. The predicted molar refractivity (Wildman–Crippen MR) is 154 cm³/mol.